The zero-order valence-electron chi connectivity index (χ0n) is 13.9. The molecule has 1 aliphatic rings. The molecule has 0 bridgehead atoms. The first-order valence-electron chi connectivity index (χ1n) is 8.28. The molecule has 0 spiro atoms. The summed E-state index contributed by atoms with van der Waals surface area (Å²) in [6.07, 6.45) is 3.90. The molecule has 0 atom stereocenters. The van der Waals surface area contributed by atoms with E-state index in [2.05, 4.69) is 26.0 Å². The Balaban J connectivity index is 1.58. The molecule has 0 saturated carbocycles. The summed E-state index contributed by atoms with van der Waals surface area (Å²) in [7, 11) is 0. The molecule has 5 nitrogen and oxygen atoms in total. The van der Waals surface area contributed by atoms with Gasteiger partial charge in [0.05, 0.1) is 4.53 Å². The summed E-state index contributed by atoms with van der Waals surface area (Å²) in [5.41, 5.74) is 2.65. The maximum Gasteiger partial charge on any atom is 0.291 e. The van der Waals surface area contributed by atoms with Gasteiger partial charge in [0.1, 0.15) is 12.4 Å². The summed E-state index contributed by atoms with van der Waals surface area (Å²) >= 11 is 4.83. The summed E-state index contributed by atoms with van der Waals surface area (Å²) < 4.78 is 8.61. The lowest BCUT2D eigenvalue weighted by atomic mass is 10.1. The van der Waals surface area contributed by atoms with E-state index in [0.717, 1.165) is 26.9 Å². The molecule has 3 heterocycles. The number of aromatic nitrogens is 3. The minimum absolute atomic E-state index is 0.166. The third kappa shape index (κ3) is 2.89. The van der Waals surface area contributed by atoms with Crippen molar-refractivity contribution in [1.82, 2.24) is 14.6 Å². The highest BCUT2D eigenvalue weighted by molar-refractivity contribution is 9.10. The third-order valence-corrected chi connectivity index (χ3v) is 5.92. The molecule has 27 heavy (non-hydrogen) atoms. The lowest BCUT2D eigenvalue weighted by Gasteiger charge is -2.15. The zero-order valence-corrected chi connectivity index (χ0v) is 16.3. The standard InChI is InChI=1S/C20H12BrN3O2S/c21-15-7-3-2-6-14(15)18-22-20-24(23-18)19(25)17(27-20)10-12-9-13-5-1-4-8-16(13)26-11-12/h1-10H,11H2/b17-10+. The first kappa shape index (κ1) is 16.4. The average molecular weight is 438 g/mol. The molecule has 132 valence electrons. The Morgan fingerprint density at radius 2 is 1.96 bits per heavy atom. The number of para-hydroxylation sites is 1. The summed E-state index contributed by atoms with van der Waals surface area (Å²) in [4.78, 5) is 17.8. The maximum absolute atomic E-state index is 12.7. The van der Waals surface area contributed by atoms with Crippen molar-refractivity contribution in [3.05, 3.63) is 79.0 Å². The minimum atomic E-state index is -0.166. The molecule has 0 aliphatic carbocycles. The van der Waals surface area contributed by atoms with Crippen molar-refractivity contribution < 1.29 is 4.74 Å². The van der Waals surface area contributed by atoms with E-state index in [0.29, 0.717) is 21.9 Å². The lowest BCUT2D eigenvalue weighted by Crippen LogP contribution is -2.24. The molecule has 1 aliphatic heterocycles. The Labute approximate surface area is 166 Å². The van der Waals surface area contributed by atoms with Crippen molar-refractivity contribution in [2.24, 2.45) is 0 Å². The van der Waals surface area contributed by atoms with Gasteiger partial charge in [-0.2, -0.15) is 9.50 Å². The van der Waals surface area contributed by atoms with Crippen LogP contribution >= 0.6 is 27.3 Å². The van der Waals surface area contributed by atoms with Crippen LogP contribution in [0.1, 0.15) is 5.56 Å². The van der Waals surface area contributed by atoms with Gasteiger partial charge >= 0.3 is 0 Å². The highest BCUT2D eigenvalue weighted by Gasteiger charge is 2.15. The van der Waals surface area contributed by atoms with Crippen LogP contribution in [0.25, 0.3) is 28.5 Å². The van der Waals surface area contributed by atoms with E-state index in [9.17, 15) is 4.79 Å². The van der Waals surface area contributed by atoms with Gasteiger partial charge in [0.2, 0.25) is 4.96 Å². The van der Waals surface area contributed by atoms with Crippen molar-refractivity contribution in [3.8, 4) is 17.1 Å². The van der Waals surface area contributed by atoms with E-state index in [4.69, 9.17) is 4.74 Å². The molecule has 5 rings (SSSR count). The van der Waals surface area contributed by atoms with E-state index in [1.54, 1.807) is 0 Å². The van der Waals surface area contributed by atoms with Crippen LogP contribution in [-0.4, -0.2) is 21.2 Å². The van der Waals surface area contributed by atoms with E-state index >= 15 is 0 Å². The van der Waals surface area contributed by atoms with E-state index in [1.165, 1.54) is 15.9 Å². The van der Waals surface area contributed by atoms with E-state index in [-0.39, 0.29) is 5.56 Å². The fourth-order valence-corrected chi connectivity index (χ4v) is 4.36. The van der Waals surface area contributed by atoms with Crippen LogP contribution in [0.15, 0.2) is 63.4 Å². The van der Waals surface area contributed by atoms with Crippen LogP contribution in [0, 0.1) is 0 Å². The van der Waals surface area contributed by atoms with Gasteiger partial charge in [0.15, 0.2) is 5.82 Å². The minimum Gasteiger partial charge on any atom is -0.488 e. The number of fused-ring (bicyclic) bond motifs is 2. The van der Waals surface area contributed by atoms with Gasteiger partial charge in [-0.3, -0.25) is 4.79 Å². The molecular weight excluding hydrogens is 426 g/mol. The first-order valence-corrected chi connectivity index (χ1v) is 9.88. The van der Waals surface area contributed by atoms with Crippen LogP contribution in [0.2, 0.25) is 0 Å². The monoisotopic (exact) mass is 437 g/mol. The molecule has 0 N–H and O–H groups in total. The number of ether oxygens (including phenoxy) is 1. The summed E-state index contributed by atoms with van der Waals surface area (Å²) in [5, 5.41) is 4.40. The molecule has 0 amide bonds. The maximum atomic E-state index is 12.7. The largest absolute Gasteiger partial charge is 0.488 e. The first-order chi connectivity index (χ1) is 13.2. The van der Waals surface area contributed by atoms with E-state index in [1.807, 2.05) is 60.7 Å². The van der Waals surface area contributed by atoms with Gasteiger partial charge in [-0.1, -0.05) is 57.6 Å². The molecule has 0 unspecified atom stereocenters. The van der Waals surface area contributed by atoms with Gasteiger partial charge in [0.25, 0.3) is 5.56 Å². The average Bonchev–Trinajstić information content (AvgIpc) is 3.22. The second kappa shape index (κ2) is 6.44. The number of thiazole rings is 1. The predicted octanol–water partition coefficient (Wildman–Crippen LogP) is 3.56. The molecule has 7 heteroatoms. The van der Waals surface area contributed by atoms with Crippen molar-refractivity contribution in [1.29, 1.82) is 0 Å². The second-order valence-corrected chi connectivity index (χ2v) is 7.93. The lowest BCUT2D eigenvalue weighted by molar-refractivity contribution is 0.352. The number of hydrogen-bond donors (Lipinski definition) is 0. The summed E-state index contributed by atoms with van der Waals surface area (Å²) in [6.45, 7) is 0.437. The molecular formula is C20H12BrN3O2S. The van der Waals surface area contributed by atoms with Crippen molar-refractivity contribution in [2.75, 3.05) is 6.61 Å². The summed E-state index contributed by atoms with van der Waals surface area (Å²) in [5.74, 6) is 1.39. The molecule has 0 fully saturated rings. The Morgan fingerprint density at radius 1 is 1.15 bits per heavy atom. The number of halogens is 1. The molecule has 0 saturated heterocycles. The predicted molar refractivity (Wildman–Crippen MR) is 110 cm³/mol. The van der Waals surface area contributed by atoms with Crippen LogP contribution in [-0.2, 0) is 0 Å². The van der Waals surface area contributed by atoms with E-state index < -0.39 is 0 Å². The van der Waals surface area contributed by atoms with Crippen LogP contribution in [0.4, 0.5) is 0 Å². The fraction of sp³-hybridized carbons (Fsp3) is 0.0500. The quantitative estimate of drug-likeness (QED) is 0.481. The van der Waals surface area contributed by atoms with Crippen molar-refractivity contribution in [3.63, 3.8) is 0 Å². The van der Waals surface area contributed by atoms with Crippen molar-refractivity contribution in [2.45, 2.75) is 0 Å². The zero-order chi connectivity index (χ0) is 18.4. The van der Waals surface area contributed by atoms with Gasteiger partial charge < -0.3 is 4.74 Å². The Bertz CT molecular complexity index is 1320. The van der Waals surface area contributed by atoms with Gasteiger partial charge in [-0.25, -0.2) is 0 Å². The number of nitrogens with zero attached hydrogens (tertiary/aromatic N) is 3. The molecule has 2 aromatic heterocycles. The number of benzene rings is 2. The number of hydrogen-bond acceptors (Lipinski definition) is 5. The van der Waals surface area contributed by atoms with Crippen molar-refractivity contribution >= 4 is 44.4 Å². The highest BCUT2D eigenvalue weighted by Crippen LogP contribution is 2.27. The van der Waals surface area contributed by atoms with Gasteiger partial charge in [-0.15, -0.1) is 5.10 Å². The summed E-state index contributed by atoms with van der Waals surface area (Å²) in [6, 6.07) is 15.5. The fourth-order valence-electron chi connectivity index (χ4n) is 2.98. The topological polar surface area (TPSA) is 56.5 Å². The van der Waals surface area contributed by atoms with Crippen LogP contribution < -0.4 is 14.8 Å². The molecule has 2 aromatic carbocycles. The van der Waals surface area contributed by atoms with Gasteiger partial charge in [0, 0.05) is 15.6 Å². The van der Waals surface area contributed by atoms with Crippen LogP contribution in [0.3, 0.4) is 0 Å². The smallest absolute Gasteiger partial charge is 0.291 e. The Morgan fingerprint density at radius 3 is 2.81 bits per heavy atom. The number of rotatable bonds is 2. The second-order valence-electron chi connectivity index (χ2n) is 6.07. The van der Waals surface area contributed by atoms with Gasteiger partial charge in [-0.05, 0) is 35.9 Å². The highest BCUT2D eigenvalue weighted by atomic mass is 79.9. The molecule has 4 aromatic rings. The molecule has 0 radical (unpaired) electrons. The Hall–Kier alpha value is -2.77. The Kier molecular flexibility index (Phi) is 3.91. The third-order valence-electron chi connectivity index (χ3n) is 4.27. The van der Waals surface area contributed by atoms with Crippen LogP contribution in [0.5, 0.6) is 5.75 Å². The SMILES string of the molecule is O=c1/c(=C\C2=Cc3ccccc3OC2)sc2nc(-c3ccccc3Br)nn12. The normalized spacial score (nSPS) is 14.1.